The van der Waals surface area contributed by atoms with Gasteiger partial charge in [-0.2, -0.15) is 0 Å². The first-order chi connectivity index (χ1) is 10.0. The van der Waals surface area contributed by atoms with E-state index in [1.165, 1.54) is 0 Å². The molecule has 1 fully saturated rings. The zero-order valence-electron chi connectivity index (χ0n) is 12.8. The number of thioether (sulfide) groups is 1. The molecule has 116 valence electrons. The minimum absolute atomic E-state index is 0.138. The molecule has 0 aromatic heterocycles. The molecule has 1 aliphatic rings. The Morgan fingerprint density at radius 1 is 1.48 bits per heavy atom. The number of aliphatic hydroxyl groups is 1. The van der Waals surface area contributed by atoms with Crippen molar-refractivity contribution >= 4 is 23.3 Å². The molecule has 21 heavy (non-hydrogen) atoms. The second-order valence-electron chi connectivity index (χ2n) is 5.56. The fraction of sp³-hybridized carbons (Fsp3) is 0.562. The number of amidine groups is 1. The summed E-state index contributed by atoms with van der Waals surface area (Å²) in [4.78, 5) is 3.38. The Balaban J connectivity index is 2.24. The van der Waals surface area contributed by atoms with Crippen LogP contribution in [0.15, 0.2) is 23.1 Å². The zero-order chi connectivity index (χ0) is 15.4. The van der Waals surface area contributed by atoms with Gasteiger partial charge in [0.25, 0.3) is 0 Å². The van der Waals surface area contributed by atoms with Gasteiger partial charge in [-0.3, -0.25) is 5.41 Å². The second kappa shape index (κ2) is 7.18. The minimum Gasteiger partial charge on any atom is -0.393 e. The SMILES string of the molecule is CCSc1cccc(N2CCC(C(C)O)CC2)c1C(=N)N. The molecule has 0 bridgehead atoms. The van der Waals surface area contributed by atoms with Crippen LogP contribution < -0.4 is 10.6 Å². The quantitative estimate of drug-likeness (QED) is 0.444. The third-order valence-electron chi connectivity index (χ3n) is 4.14. The lowest BCUT2D eigenvalue weighted by atomic mass is 9.91. The van der Waals surface area contributed by atoms with E-state index in [0.29, 0.717) is 5.92 Å². The first-order valence-electron chi connectivity index (χ1n) is 7.57. The van der Waals surface area contributed by atoms with Gasteiger partial charge in [0.05, 0.1) is 11.7 Å². The Labute approximate surface area is 131 Å². The van der Waals surface area contributed by atoms with Crippen LogP contribution in [0.1, 0.15) is 32.3 Å². The summed E-state index contributed by atoms with van der Waals surface area (Å²) in [6.45, 7) is 5.81. The molecule has 0 aliphatic carbocycles. The molecule has 4 N–H and O–H groups in total. The van der Waals surface area contributed by atoms with Crippen molar-refractivity contribution < 1.29 is 5.11 Å². The lowest BCUT2D eigenvalue weighted by Gasteiger charge is -2.36. The lowest BCUT2D eigenvalue weighted by Crippen LogP contribution is -2.38. The predicted molar refractivity (Wildman–Crippen MR) is 90.5 cm³/mol. The maximum atomic E-state index is 9.71. The largest absolute Gasteiger partial charge is 0.393 e. The summed E-state index contributed by atoms with van der Waals surface area (Å²) < 4.78 is 0. The summed E-state index contributed by atoms with van der Waals surface area (Å²) in [5.41, 5.74) is 7.75. The van der Waals surface area contributed by atoms with Crippen molar-refractivity contribution in [2.75, 3.05) is 23.7 Å². The molecule has 1 atom stereocenters. The predicted octanol–water partition coefficient (Wildman–Crippen LogP) is 2.68. The Hall–Kier alpha value is -1.20. The molecule has 1 saturated heterocycles. The summed E-state index contributed by atoms with van der Waals surface area (Å²) in [6.07, 6.45) is 1.74. The third-order valence-corrected chi connectivity index (χ3v) is 5.08. The maximum absolute atomic E-state index is 9.71. The van der Waals surface area contributed by atoms with E-state index in [1.807, 2.05) is 19.1 Å². The van der Waals surface area contributed by atoms with Gasteiger partial charge in [0, 0.05) is 23.7 Å². The van der Waals surface area contributed by atoms with Crippen molar-refractivity contribution in [3.8, 4) is 0 Å². The Bertz CT molecular complexity index is 496. The summed E-state index contributed by atoms with van der Waals surface area (Å²) >= 11 is 1.73. The Kier molecular flexibility index (Phi) is 5.53. The van der Waals surface area contributed by atoms with Gasteiger partial charge in [0.2, 0.25) is 0 Å². The normalized spacial score (nSPS) is 17.8. The number of piperidine rings is 1. The van der Waals surface area contributed by atoms with Gasteiger partial charge >= 0.3 is 0 Å². The van der Waals surface area contributed by atoms with Crippen molar-refractivity contribution in [3.63, 3.8) is 0 Å². The summed E-state index contributed by atoms with van der Waals surface area (Å²) in [7, 11) is 0. The van der Waals surface area contributed by atoms with E-state index in [-0.39, 0.29) is 11.9 Å². The van der Waals surface area contributed by atoms with E-state index in [9.17, 15) is 5.11 Å². The maximum Gasteiger partial charge on any atom is 0.126 e. The number of hydrogen-bond acceptors (Lipinski definition) is 4. The van der Waals surface area contributed by atoms with E-state index < -0.39 is 0 Å². The molecular weight excluding hydrogens is 282 g/mol. The molecule has 1 heterocycles. The highest BCUT2D eigenvalue weighted by atomic mass is 32.2. The van der Waals surface area contributed by atoms with E-state index in [1.54, 1.807) is 11.8 Å². The van der Waals surface area contributed by atoms with Gasteiger partial charge in [-0.05, 0) is 43.6 Å². The topological polar surface area (TPSA) is 73.3 Å². The molecule has 1 aromatic carbocycles. The molecule has 1 aromatic rings. The van der Waals surface area contributed by atoms with E-state index in [0.717, 1.165) is 47.8 Å². The summed E-state index contributed by atoms with van der Waals surface area (Å²) in [5, 5.41) is 17.6. The van der Waals surface area contributed by atoms with Gasteiger partial charge in [0.1, 0.15) is 5.84 Å². The van der Waals surface area contributed by atoms with Gasteiger partial charge in [-0.1, -0.05) is 13.0 Å². The number of nitrogens with two attached hydrogens (primary N) is 1. The molecule has 5 heteroatoms. The van der Waals surface area contributed by atoms with Crippen molar-refractivity contribution in [3.05, 3.63) is 23.8 Å². The molecule has 1 unspecified atom stereocenters. The molecule has 1 aliphatic heterocycles. The van der Waals surface area contributed by atoms with E-state index >= 15 is 0 Å². The second-order valence-corrected chi connectivity index (χ2v) is 6.87. The highest BCUT2D eigenvalue weighted by Crippen LogP contribution is 2.33. The van der Waals surface area contributed by atoms with Gasteiger partial charge < -0.3 is 15.7 Å². The van der Waals surface area contributed by atoms with Crippen LogP contribution in [0.5, 0.6) is 0 Å². The average Bonchev–Trinajstić information content (AvgIpc) is 2.47. The van der Waals surface area contributed by atoms with Crippen molar-refractivity contribution in [1.29, 1.82) is 5.41 Å². The molecule has 0 spiro atoms. The molecule has 0 saturated carbocycles. The Morgan fingerprint density at radius 3 is 2.67 bits per heavy atom. The van der Waals surface area contributed by atoms with Crippen LogP contribution in [0.2, 0.25) is 0 Å². The molecule has 2 rings (SSSR count). The summed E-state index contributed by atoms with van der Waals surface area (Å²) in [5.74, 6) is 1.49. The highest BCUT2D eigenvalue weighted by molar-refractivity contribution is 7.99. The van der Waals surface area contributed by atoms with Crippen LogP contribution in [0.3, 0.4) is 0 Å². The van der Waals surface area contributed by atoms with Crippen molar-refractivity contribution in [1.82, 2.24) is 0 Å². The van der Waals surface area contributed by atoms with Crippen LogP contribution in [0.25, 0.3) is 0 Å². The number of nitrogens with one attached hydrogen (secondary N) is 1. The van der Waals surface area contributed by atoms with Gasteiger partial charge in [-0.15, -0.1) is 11.8 Å². The smallest absolute Gasteiger partial charge is 0.126 e. The first-order valence-corrected chi connectivity index (χ1v) is 8.56. The van der Waals surface area contributed by atoms with Crippen LogP contribution in [-0.4, -0.2) is 35.9 Å². The fourth-order valence-electron chi connectivity index (χ4n) is 2.95. The van der Waals surface area contributed by atoms with Crippen LogP contribution in [0, 0.1) is 11.3 Å². The summed E-state index contributed by atoms with van der Waals surface area (Å²) in [6, 6.07) is 6.14. The molecule has 0 amide bonds. The van der Waals surface area contributed by atoms with Crippen LogP contribution >= 0.6 is 11.8 Å². The number of nitrogens with zero attached hydrogens (tertiary/aromatic N) is 1. The molecule has 4 nitrogen and oxygen atoms in total. The molecular formula is C16H25N3OS. The number of anilines is 1. The number of rotatable bonds is 5. The lowest BCUT2D eigenvalue weighted by molar-refractivity contribution is 0.110. The van der Waals surface area contributed by atoms with Gasteiger partial charge in [0.15, 0.2) is 0 Å². The number of nitrogen functional groups attached to an aromatic ring is 1. The Morgan fingerprint density at radius 2 is 2.14 bits per heavy atom. The number of aliphatic hydroxyl groups excluding tert-OH is 1. The first kappa shape index (κ1) is 16.2. The third kappa shape index (κ3) is 3.71. The zero-order valence-corrected chi connectivity index (χ0v) is 13.6. The number of benzene rings is 1. The van der Waals surface area contributed by atoms with Crippen LogP contribution in [-0.2, 0) is 0 Å². The standard InChI is InChI=1S/C16H25N3OS/c1-3-21-14-6-4-5-13(15(14)16(17)18)19-9-7-12(8-10-19)11(2)20/h4-6,11-12,20H,3,7-10H2,1-2H3,(H3,17,18). The van der Waals surface area contributed by atoms with Crippen molar-refractivity contribution in [2.24, 2.45) is 11.7 Å². The average molecular weight is 307 g/mol. The van der Waals surface area contributed by atoms with Gasteiger partial charge in [-0.25, -0.2) is 0 Å². The van der Waals surface area contributed by atoms with E-state index in [2.05, 4.69) is 17.9 Å². The number of hydrogen-bond donors (Lipinski definition) is 3. The van der Waals surface area contributed by atoms with Crippen LogP contribution in [0.4, 0.5) is 5.69 Å². The molecule has 0 radical (unpaired) electrons. The minimum atomic E-state index is -0.235. The highest BCUT2D eigenvalue weighted by Gasteiger charge is 2.25. The fourth-order valence-corrected chi connectivity index (χ4v) is 3.80. The van der Waals surface area contributed by atoms with E-state index in [4.69, 9.17) is 11.1 Å². The van der Waals surface area contributed by atoms with Crippen molar-refractivity contribution in [2.45, 2.75) is 37.7 Å². The monoisotopic (exact) mass is 307 g/mol.